The Morgan fingerprint density at radius 1 is 0.312 bits per heavy atom. The fraction of sp³-hybridized carbons (Fsp3) is 0.879. The Balaban J connectivity index is 4.30. The molecule has 0 rings (SSSR count). The van der Waals surface area contributed by atoms with Gasteiger partial charge in [-0.15, -0.1) is 0 Å². The molecule has 0 N–H and O–H groups in total. The molecule has 0 aliphatic heterocycles. The average molecular weight is 901 g/mol. The van der Waals surface area contributed by atoms with E-state index < -0.39 is 6.10 Å². The molecule has 0 aromatic heterocycles. The summed E-state index contributed by atoms with van der Waals surface area (Å²) in [6, 6.07) is 0. The van der Waals surface area contributed by atoms with E-state index in [2.05, 4.69) is 45.1 Å². The summed E-state index contributed by atoms with van der Waals surface area (Å²) in [5, 5.41) is 0. The van der Waals surface area contributed by atoms with E-state index in [0.29, 0.717) is 19.3 Å². The number of unbranched alkanes of at least 4 members (excludes halogenated alkanes) is 37. The van der Waals surface area contributed by atoms with E-state index in [1.165, 1.54) is 205 Å². The highest BCUT2D eigenvalue weighted by Gasteiger charge is 2.19. The van der Waals surface area contributed by atoms with Gasteiger partial charge in [0.15, 0.2) is 6.10 Å². The molecule has 0 aliphatic rings. The monoisotopic (exact) mass is 901 g/mol. The number of allylic oxidation sites excluding steroid dienone is 4. The topological polar surface area (TPSA) is 78.9 Å². The minimum atomic E-state index is -0.767. The predicted molar refractivity (Wildman–Crippen MR) is 275 cm³/mol. The van der Waals surface area contributed by atoms with Crippen molar-refractivity contribution in [3.05, 3.63) is 24.3 Å². The van der Waals surface area contributed by atoms with Crippen LogP contribution >= 0.6 is 0 Å². The van der Waals surface area contributed by atoms with Crippen molar-refractivity contribution >= 4 is 17.9 Å². The molecule has 0 amide bonds. The van der Waals surface area contributed by atoms with Crippen LogP contribution in [-0.2, 0) is 28.6 Å². The lowest BCUT2D eigenvalue weighted by Crippen LogP contribution is -2.30. The second kappa shape index (κ2) is 53.5. The van der Waals surface area contributed by atoms with Crippen molar-refractivity contribution in [1.82, 2.24) is 0 Å². The Morgan fingerprint density at radius 2 is 0.562 bits per heavy atom. The van der Waals surface area contributed by atoms with Gasteiger partial charge in [0.2, 0.25) is 0 Å². The number of carbonyl (C=O) groups is 3. The van der Waals surface area contributed by atoms with Crippen LogP contribution in [0.25, 0.3) is 0 Å². The molecule has 0 saturated heterocycles. The van der Waals surface area contributed by atoms with E-state index in [1.807, 2.05) is 0 Å². The molecule has 1 unspecified atom stereocenters. The number of rotatable bonds is 52. The van der Waals surface area contributed by atoms with Gasteiger partial charge in [-0.3, -0.25) is 14.4 Å². The van der Waals surface area contributed by atoms with E-state index in [0.717, 1.165) is 64.2 Å². The number of carbonyl (C=O) groups excluding carboxylic acids is 3. The predicted octanol–water partition coefficient (Wildman–Crippen LogP) is 18.7. The largest absolute Gasteiger partial charge is 0.462 e. The Kier molecular flexibility index (Phi) is 51.7. The molecule has 6 nitrogen and oxygen atoms in total. The minimum Gasteiger partial charge on any atom is -0.462 e. The van der Waals surface area contributed by atoms with Gasteiger partial charge in [-0.25, -0.2) is 0 Å². The van der Waals surface area contributed by atoms with Crippen molar-refractivity contribution in [3.8, 4) is 0 Å². The molecule has 6 heteroatoms. The van der Waals surface area contributed by atoms with Gasteiger partial charge in [0, 0.05) is 19.3 Å². The molecule has 0 aromatic rings. The van der Waals surface area contributed by atoms with E-state index in [9.17, 15) is 14.4 Å². The molecule has 64 heavy (non-hydrogen) atoms. The SMILES string of the molecule is CCCCC/C=C\C/C=C\CCCCCCCCCCCC(=O)OCC(COC(=O)CCCCCCCCCCCCCC)OC(=O)CCCCCCCCCCCCCCCCC. The van der Waals surface area contributed by atoms with Crippen LogP contribution in [0.2, 0.25) is 0 Å². The maximum atomic E-state index is 12.8. The van der Waals surface area contributed by atoms with Crippen molar-refractivity contribution in [2.24, 2.45) is 0 Å². The standard InChI is InChI=1S/C58H108O6/c1-4-7-10-13-16-19-22-25-27-28-29-30-32-33-36-39-42-45-48-51-57(60)63-54-55(53-62-56(59)50-47-44-41-38-35-24-21-18-15-12-9-6-3)64-58(61)52-49-46-43-40-37-34-31-26-23-20-17-14-11-8-5-2/h16,19,25,27,55H,4-15,17-18,20-24,26,28-54H2,1-3H3/b19-16-,27-25-. The molecular weight excluding hydrogens is 793 g/mol. The second-order valence-corrected chi connectivity index (χ2v) is 19.2. The van der Waals surface area contributed by atoms with E-state index in [-0.39, 0.29) is 31.1 Å². The summed E-state index contributed by atoms with van der Waals surface area (Å²) in [6.45, 7) is 6.65. The van der Waals surface area contributed by atoms with Crippen LogP contribution in [0.3, 0.4) is 0 Å². The smallest absolute Gasteiger partial charge is 0.306 e. The average Bonchev–Trinajstić information content (AvgIpc) is 3.29. The fourth-order valence-corrected chi connectivity index (χ4v) is 8.42. The fourth-order valence-electron chi connectivity index (χ4n) is 8.42. The maximum Gasteiger partial charge on any atom is 0.306 e. The van der Waals surface area contributed by atoms with Gasteiger partial charge in [0.05, 0.1) is 0 Å². The van der Waals surface area contributed by atoms with Gasteiger partial charge in [-0.05, 0) is 51.4 Å². The van der Waals surface area contributed by atoms with Gasteiger partial charge in [0.25, 0.3) is 0 Å². The molecule has 376 valence electrons. The summed E-state index contributed by atoms with van der Waals surface area (Å²) in [7, 11) is 0. The Labute approximate surface area is 398 Å². The molecule has 0 spiro atoms. The zero-order valence-corrected chi connectivity index (χ0v) is 43.1. The van der Waals surface area contributed by atoms with E-state index >= 15 is 0 Å². The first-order chi connectivity index (χ1) is 31.5. The lowest BCUT2D eigenvalue weighted by atomic mass is 10.0. The van der Waals surface area contributed by atoms with Gasteiger partial charge >= 0.3 is 17.9 Å². The molecule has 0 aromatic carbocycles. The first-order valence-corrected chi connectivity index (χ1v) is 28.3. The van der Waals surface area contributed by atoms with Crippen LogP contribution in [0, 0.1) is 0 Å². The lowest BCUT2D eigenvalue weighted by molar-refractivity contribution is -0.167. The third-order valence-corrected chi connectivity index (χ3v) is 12.7. The summed E-state index contributed by atoms with van der Waals surface area (Å²) >= 11 is 0. The highest BCUT2D eigenvalue weighted by molar-refractivity contribution is 5.71. The van der Waals surface area contributed by atoms with Gasteiger partial charge < -0.3 is 14.2 Å². The molecule has 0 radical (unpaired) electrons. The normalized spacial score (nSPS) is 12.1. The number of esters is 3. The molecule has 0 saturated carbocycles. The van der Waals surface area contributed by atoms with Crippen LogP contribution in [0.4, 0.5) is 0 Å². The van der Waals surface area contributed by atoms with Crippen LogP contribution in [0.5, 0.6) is 0 Å². The van der Waals surface area contributed by atoms with Crippen molar-refractivity contribution in [2.75, 3.05) is 13.2 Å². The van der Waals surface area contributed by atoms with Crippen molar-refractivity contribution in [3.63, 3.8) is 0 Å². The highest BCUT2D eigenvalue weighted by Crippen LogP contribution is 2.17. The van der Waals surface area contributed by atoms with Gasteiger partial charge in [-0.1, -0.05) is 263 Å². The molecule has 0 bridgehead atoms. The zero-order valence-electron chi connectivity index (χ0n) is 43.1. The van der Waals surface area contributed by atoms with Crippen molar-refractivity contribution < 1.29 is 28.6 Å². The van der Waals surface area contributed by atoms with Gasteiger partial charge in [-0.2, -0.15) is 0 Å². The number of hydrogen-bond acceptors (Lipinski definition) is 6. The third kappa shape index (κ3) is 50.9. The molecule has 0 fully saturated rings. The molecule has 1 atom stereocenters. The number of ether oxygens (including phenoxy) is 3. The van der Waals surface area contributed by atoms with E-state index in [4.69, 9.17) is 14.2 Å². The minimum absolute atomic E-state index is 0.0669. The highest BCUT2D eigenvalue weighted by atomic mass is 16.6. The summed E-state index contributed by atoms with van der Waals surface area (Å²) in [4.78, 5) is 38.1. The van der Waals surface area contributed by atoms with Gasteiger partial charge in [0.1, 0.15) is 13.2 Å². The lowest BCUT2D eigenvalue weighted by Gasteiger charge is -2.18. The Morgan fingerprint density at radius 3 is 0.891 bits per heavy atom. The molecule has 0 heterocycles. The molecular formula is C58H108O6. The zero-order chi connectivity index (χ0) is 46.5. The quantitative estimate of drug-likeness (QED) is 0.0262. The second-order valence-electron chi connectivity index (χ2n) is 19.2. The van der Waals surface area contributed by atoms with Crippen LogP contribution in [0.1, 0.15) is 310 Å². The Bertz CT molecular complexity index is 1040. The van der Waals surface area contributed by atoms with Crippen molar-refractivity contribution in [1.29, 1.82) is 0 Å². The Hall–Kier alpha value is -2.11. The van der Waals surface area contributed by atoms with Crippen LogP contribution < -0.4 is 0 Å². The maximum absolute atomic E-state index is 12.8. The number of hydrogen-bond donors (Lipinski definition) is 0. The van der Waals surface area contributed by atoms with E-state index in [1.54, 1.807) is 0 Å². The third-order valence-electron chi connectivity index (χ3n) is 12.7. The first kappa shape index (κ1) is 61.9. The van der Waals surface area contributed by atoms with Crippen molar-refractivity contribution in [2.45, 2.75) is 316 Å². The summed E-state index contributed by atoms with van der Waals surface area (Å²) in [5.41, 5.74) is 0. The molecule has 0 aliphatic carbocycles. The first-order valence-electron chi connectivity index (χ1n) is 28.3. The summed E-state index contributed by atoms with van der Waals surface area (Å²) in [6.07, 6.45) is 61.6. The summed E-state index contributed by atoms with van der Waals surface area (Å²) < 4.78 is 16.9. The summed E-state index contributed by atoms with van der Waals surface area (Å²) in [5.74, 6) is -0.852. The van der Waals surface area contributed by atoms with Crippen LogP contribution in [-0.4, -0.2) is 37.2 Å². The van der Waals surface area contributed by atoms with Crippen LogP contribution in [0.15, 0.2) is 24.3 Å².